The summed E-state index contributed by atoms with van der Waals surface area (Å²) in [5.41, 5.74) is 8.11. The van der Waals surface area contributed by atoms with Crippen molar-refractivity contribution in [2.45, 2.75) is 40.5 Å². The first kappa shape index (κ1) is 17.3. The third-order valence-electron chi connectivity index (χ3n) is 3.93. The molecule has 0 saturated carbocycles. The van der Waals surface area contributed by atoms with Gasteiger partial charge in [0.1, 0.15) is 0 Å². The molecule has 0 aliphatic heterocycles. The van der Waals surface area contributed by atoms with E-state index in [0.29, 0.717) is 23.8 Å². The number of benzene rings is 1. The molecule has 0 unspecified atom stereocenters. The molecule has 1 aromatic rings. The predicted molar refractivity (Wildman–Crippen MR) is 88.8 cm³/mol. The second kappa shape index (κ2) is 8.55. The summed E-state index contributed by atoms with van der Waals surface area (Å²) < 4.78 is 5.06. The van der Waals surface area contributed by atoms with Crippen LogP contribution in [0.5, 0.6) is 0 Å². The van der Waals surface area contributed by atoms with E-state index in [1.807, 2.05) is 12.1 Å². The number of carbonyl (C=O) groups is 1. The van der Waals surface area contributed by atoms with Crippen LogP contribution in [0.4, 0.5) is 11.4 Å². The maximum atomic E-state index is 11.9. The number of nitrogens with two attached hydrogens (primary N) is 1. The van der Waals surface area contributed by atoms with Crippen LogP contribution in [-0.4, -0.2) is 25.7 Å². The van der Waals surface area contributed by atoms with Crippen molar-refractivity contribution in [3.8, 4) is 0 Å². The molecule has 0 saturated heterocycles. The van der Waals surface area contributed by atoms with Gasteiger partial charge in [-0.15, -0.1) is 0 Å². The van der Waals surface area contributed by atoms with Gasteiger partial charge in [-0.3, -0.25) is 0 Å². The lowest BCUT2D eigenvalue weighted by Crippen LogP contribution is -2.30. The summed E-state index contributed by atoms with van der Waals surface area (Å²) in [4.78, 5) is 14.2. The number of hydrogen-bond donors (Lipinski definition) is 1. The fourth-order valence-electron chi connectivity index (χ4n) is 2.47. The van der Waals surface area contributed by atoms with Crippen molar-refractivity contribution in [1.29, 1.82) is 0 Å². The van der Waals surface area contributed by atoms with E-state index in [9.17, 15) is 4.79 Å². The molecule has 0 bridgehead atoms. The Labute approximate surface area is 128 Å². The minimum Gasteiger partial charge on any atom is -0.462 e. The Hall–Kier alpha value is -1.71. The Morgan fingerprint density at radius 1 is 1.24 bits per heavy atom. The van der Waals surface area contributed by atoms with E-state index in [0.717, 1.165) is 31.6 Å². The molecule has 0 aliphatic carbocycles. The van der Waals surface area contributed by atoms with Gasteiger partial charge in [0.2, 0.25) is 0 Å². The minimum absolute atomic E-state index is 0.351. The van der Waals surface area contributed by atoms with Gasteiger partial charge in [-0.1, -0.05) is 32.8 Å². The second-order valence-electron chi connectivity index (χ2n) is 5.18. The van der Waals surface area contributed by atoms with E-state index in [1.165, 1.54) is 0 Å². The molecule has 118 valence electrons. The lowest BCUT2D eigenvalue weighted by atomic mass is 10.0. The minimum atomic E-state index is -0.351. The molecule has 0 aromatic heterocycles. The maximum absolute atomic E-state index is 11.9. The molecule has 0 aliphatic rings. The van der Waals surface area contributed by atoms with Crippen LogP contribution in [0.3, 0.4) is 0 Å². The zero-order chi connectivity index (χ0) is 15.8. The van der Waals surface area contributed by atoms with E-state index in [1.54, 1.807) is 13.0 Å². The lowest BCUT2D eigenvalue weighted by molar-refractivity contribution is 0.0527. The standard InChI is InChI=1S/C17H28N2O2/c1-5-13(6-2)12-19(7-3)15-11-9-10-14(16(15)18)17(20)21-8-4/h9-11,13H,5-8,12,18H2,1-4H3. The number of rotatable bonds is 8. The molecule has 0 amide bonds. The van der Waals surface area contributed by atoms with Gasteiger partial charge in [0.15, 0.2) is 0 Å². The first-order valence-corrected chi connectivity index (χ1v) is 7.89. The van der Waals surface area contributed by atoms with E-state index in [2.05, 4.69) is 25.7 Å². The monoisotopic (exact) mass is 292 g/mol. The Balaban J connectivity index is 3.05. The fraction of sp³-hybridized carbons (Fsp3) is 0.588. The zero-order valence-corrected chi connectivity index (χ0v) is 13.7. The van der Waals surface area contributed by atoms with Crippen molar-refractivity contribution in [2.24, 2.45) is 5.92 Å². The first-order valence-electron chi connectivity index (χ1n) is 7.89. The molecule has 0 heterocycles. The largest absolute Gasteiger partial charge is 0.462 e. The highest BCUT2D eigenvalue weighted by molar-refractivity contribution is 5.98. The summed E-state index contributed by atoms with van der Waals surface area (Å²) in [6.07, 6.45) is 2.29. The first-order chi connectivity index (χ1) is 10.1. The highest BCUT2D eigenvalue weighted by Crippen LogP contribution is 2.28. The van der Waals surface area contributed by atoms with Crippen molar-refractivity contribution in [1.82, 2.24) is 0 Å². The third-order valence-corrected chi connectivity index (χ3v) is 3.93. The van der Waals surface area contributed by atoms with Gasteiger partial charge < -0.3 is 15.4 Å². The van der Waals surface area contributed by atoms with Gasteiger partial charge in [-0.2, -0.15) is 0 Å². The predicted octanol–water partition coefficient (Wildman–Crippen LogP) is 3.71. The molecule has 4 nitrogen and oxygen atoms in total. The van der Waals surface area contributed by atoms with Crippen LogP contribution in [0, 0.1) is 5.92 Å². The smallest absolute Gasteiger partial charge is 0.340 e. The number of ether oxygens (including phenoxy) is 1. The van der Waals surface area contributed by atoms with Gasteiger partial charge >= 0.3 is 5.97 Å². The summed E-state index contributed by atoms with van der Waals surface area (Å²) in [7, 11) is 0. The molecule has 0 radical (unpaired) electrons. The highest BCUT2D eigenvalue weighted by Gasteiger charge is 2.18. The summed E-state index contributed by atoms with van der Waals surface area (Å²) in [5, 5.41) is 0. The normalized spacial score (nSPS) is 10.7. The van der Waals surface area contributed by atoms with Crippen LogP contribution in [0.1, 0.15) is 50.9 Å². The molecule has 21 heavy (non-hydrogen) atoms. The van der Waals surface area contributed by atoms with Gasteiger partial charge in [-0.25, -0.2) is 4.79 Å². The van der Waals surface area contributed by atoms with Crippen LogP contribution < -0.4 is 10.6 Å². The zero-order valence-electron chi connectivity index (χ0n) is 13.7. The topological polar surface area (TPSA) is 55.6 Å². The Kier molecular flexibility index (Phi) is 7.06. The van der Waals surface area contributed by atoms with Gasteiger partial charge in [0, 0.05) is 13.1 Å². The highest BCUT2D eigenvalue weighted by atomic mass is 16.5. The van der Waals surface area contributed by atoms with Crippen molar-refractivity contribution in [2.75, 3.05) is 30.3 Å². The number of anilines is 2. The average Bonchev–Trinajstić information content (AvgIpc) is 2.49. The maximum Gasteiger partial charge on any atom is 0.340 e. The number of nitrogen functional groups attached to an aromatic ring is 1. The SMILES string of the molecule is CCOC(=O)c1cccc(N(CC)CC(CC)CC)c1N. The number of carbonyl (C=O) groups excluding carboxylic acids is 1. The van der Waals surface area contributed by atoms with E-state index in [-0.39, 0.29) is 5.97 Å². The molecule has 4 heteroatoms. The van der Waals surface area contributed by atoms with Crippen LogP contribution in [-0.2, 0) is 4.74 Å². The number of para-hydroxylation sites is 1. The number of esters is 1. The van der Waals surface area contributed by atoms with Crippen LogP contribution >= 0.6 is 0 Å². The van der Waals surface area contributed by atoms with Gasteiger partial charge in [0.25, 0.3) is 0 Å². The Morgan fingerprint density at radius 3 is 2.43 bits per heavy atom. The molecular weight excluding hydrogens is 264 g/mol. The molecule has 2 N–H and O–H groups in total. The van der Waals surface area contributed by atoms with Crippen molar-refractivity contribution < 1.29 is 9.53 Å². The quantitative estimate of drug-likeness (QED) is 0.586. The molecular formula is C17H28N2O2. The van der Waals surface area contributed by atoms with E-state index in [4.69, 9.17) is 10.5 Å². The van der Waals surface area contributed by atoms with Crippen molar-refractivity contribution in [3.63, 3.8) is 0 Å². The lowest BCUT2D eigenvalue weighted by Gasteiger charge is -2.29. The van der Waals surface area contributed by atoms with E-state index >= 15 is 0 Å². The number of hydrogen-bond acceptors (Lipinski definition) is 4. The Bertz CT molecular complexity index is 456. The summed E-state index contributed by atoms with van der Waals surface area (Å²) in [6, 6.07) is 5.57. The van der Waals surface area contributed by atoms with Crippen LogP contribution in [0.25, 0.3) is 0 Å². The van der Waals surface area contributed by atoms with Gasteiger partial charge in [-0.05, 0) is 31.9 Å². The van der Waals surface area contributed by atoms with Crippen molar-refractivity contribution in [3.05, 3.63) is 23.8 Å². The second-order valence-corrected chi connectivity index (χ2v) is 5.18. The summed E-state index contributed by atoms with van der Waals surface area (Å²) in [6.45, 7) is 10.5. The van der Waals surface area contributed by atoms with E-state index < -0.39 is 0 Å². The summed E-state index contributed by atoms with van der Waals surface area (Å²) in [5.74, 6) is 0.283. The fourth-order valence-corrected chi connectivity index (χ4v) is 2.47. The molecule has 0 atom stereocenters. The number of nitrogens with zero attached hydrogens (tertiary/aromatic N) is 1. The van der Waals surface area contributed by atoms with Crippen LogP contribution in [0.15, 0.2) is 18.2 Å². The molecule has 1 rings (SSSR count). The van der Waals surface area contributed by atoms with Crippen molar-refractivity contribution >= 4 is 17.3 Å². The molecule has 0 fully saturated rings. The van der Waals surface area contributed by atoms with Gasteiger partial charge in [0.05, 0.1) is 23.5 Å². The summed E-state index contributed by atoms with van der Waals surface area (Å²) >= 11 is 0. The molecule has 1 aromatic carbocycles. The van der Waals surface area contributed by atoms with Crippen LogP contribution in [0.2, 0.25) is 0 Å². The molecule has 0 spiro atoms. The third kappa shape index (κ3) is 4.38. The average molecular weight is 292 g/mol. The Morgan fingerprint density at radius 2 is 1.90 bits per heavy atom.